The van der Waals surface area contributed by atoms with Gasteiger partial charge in [-0.1, -0.05) is 18.5 Å². The molecule has 1 fully saturated rings. The van der Waals surface area contributed by atoms with Crippen molar-refractivity contribution in [2.75, 3.05) is 30.3 Å². The van der Waals surface area contributed by atoms with Crippen LogP contribution in [0.4, 0.5) is 11.4 Å². The Morgan fingerprint density at radius 3 is 2.85 bits per heavy atom. The molecule has 2 rings (SSSR count). The lowest BCUT2D eigenvalue weighted by atomic mass is 9.98. The monoisotopic (exact) mass is 295 g/mol. The van der Waals surface area contributed by atoms with E-state index < -0.39 is 0 Å². The molecular formula is C15H22ClN3O. The van der Waals surface area contributed by atoms with Crippen molar-refractivity contribution in [1.82, 2.24) is 5.32 Å². The number of hydrogen-bond donors (Lipinski definition) is 3. The lowest BCUT2D eigenvalue weighted by molar-refractivity contribution is -0.115. The largest absolute Gasteiger partial charge is 0.384 e. The SMILES string of the molecule is CCC(=O)Nc1ccc(Cl)c(NCC2CCNCC2)c1. The maximum atomic E-state index is 11.4. The Hall–Kier alpha value is -1.26. The van der Waals surface area contributed by atoms with Crippen molar-refractivity contribution < 1.29 is 4.79 Å². The number of rotatable bonds is 5. The van der Waals surface area contributed by atoms with E-state index in [0.717, 1.165) is 31.0 Å². The van der Waals surface area contributed by atoms with E-state index in [1.165, 1.54) is 12.8 Å². The lowest BCUT2D eigenvalue weighted by Crippen LogP contribution is -2.31. The van der Waals surface area contributed by atoms with Crippen molar-refractivity contribution in [2.45, 2.75) is 26.2 Å². The van der Waals surface area contributed by atoms with Crippen LogP contribution in [0.2, 0.25) is 5.02 Å². The predicted molar refractivity (Wildman–Crippen MR) is 84.5 cm³/mol. The molecule has 0 spiro atoms. The van der Waals surface area contributed by atoms with Crippen molar-refractivity contribution in [1.29, 1.82) is 0 Å². The summed E-state index contributed by atoms with van der Waals surface area (Å²) in [6.45, 7) is 4.94. The van der Waals surface area contributed by atoms with Gasteiger partial charge in [-0.15, -0.1) is 0 Å². The van der Waals surface area contributed by atoms with Gasteiger partial charge in [0.25, 0.3) is 0 Å². The van der Waals surface area contributed by atoms with Crippen LogP contribution in [0.15, 0.2) is 18.2 Å². The molecule has 3 N–H and O–H groups in total. The predicted octanol–water partition coefficient (Wildman–Crippen LogP) is 3.10. The van der Waals surface area contributed by atoms with Gasteiger partial charge in [0.1, 0.15) is 0 Å². The minimum Gasteiger partial charge on any atom is -0.384 e. The quantitative estimate of drug-likeness (QED) is 0.782. The smallest absolute Gasteiger partial charge is 0.224 e. The van der Waals surface area contributed by atoms with E-state index in [1.54, 1.807) is 0 Å². The Morgan fingerprint density at radius 2 is 2.15 bits per heavy atom. The summed E-state index contributed by atoms with van der Waals surface area (Å²) in [6, 6.07) is 5.54. The van der Waals surface area contributed by atoms with Gasteiger partial charge in [0.05, 0.1) is 10.7 Å². The Labute approximate surface area is 125 Å². The molecular weight excluding hydrogens is 274 g/mol. The minimum atomic E-state index is 0.0108. The van der Waals surface area contributed by atoms with E-state index in [9.17, 15) is 4.79 Å². The Bertz CT molecular complexity index is 458. The summed E-state index contributed by atoms with van der Waals surface area (Å²) in [4.78, 5) is 11.4. The summed E-state index contributed by atoms with van der Waals surface area (Å²) < 4.78 is 0. The number of amides is 1. The zero-order valence-corrected chi connectivity index (χ0v) is 12.6. The molecule has 0 unspecified atom stereocenters. The summed E-state index contributed by atoms with van der Waals surface area (Å²) >= 11 is 6.20. The normalized spacial score (nSPS) is 15.9. The Balaban J connectivity index is 1.95. The third kappa shape index (κ3) is 4.39. The number of benzene rings is 1. The number of piperidine rings is 1. The van der Waals surface area contributed by atoms with Gasteiger partial charge >= 0.3 is 0 Å². The van der Waals surface area contributed by atoms with E-state index in [2.05, 4.69) is 16.0 Å². The molecule has 1 amide bonds. The molecule has 4 nitrogen and oxygen atoms in total. The van der Waals surface area contributed by atoms with Crippen LogP contribution >= 0.6 is 11.6 Å². The van der Waals surface area contributed by atoms with Crippen molar-refractivity contribution in [3.05, 3.63) is 23.2 Å². The second-order valence-corrected chi connectivity index (χ2v) is 5.58. The highest BCUT2D eigenvalue weighted by atomic mass is 35.5. The molecule has 0 saturated carbocycles. The van der Waals surface area contributed by atoms with Gasteiger partial charge in [-0.25, -0.2) is 0 Å². The van der Waals surface area contributed by atoms with Crippen LogP contribution in [-0.2, 0) is 4.79 Å². The average molecular weight is 296 g/mol. The summed E-state index contributed by atoms with van der Waals surface area (Å²) in [5.74, 6) is 0.692. The van der Waals surface area contributed by atoms with Crippen LogP contribution in [0.1, 0.15) is 26.2 Å². The van der Waals surface area contributed by atoms with Gasteiger partial charge in [0.2, 0.25) is 5.91 Å². The van der Waals surface area contributed by atoms with E-state index in [4.69, 9.17) is 11.6 Å². The standard InChI is InChI=1S/C15H22ClN3O/c1-2-15(20)19-12-3-4-13(16)14(9-12)18-10-11-5-7-17-8-6-11/h3-4,9,11,17-18H,2,5-8,10H2,1H3,(H,19,20). The first-order valence-corrected chi connectivity index (χ1v) is 7.61. The van der Waals surface area contributed by atoms with E-state index in [-0.39, 0.29) is 5.91 Å². The van der Waals surface area contributed by atoms with Gasteiger partial charge < -0.3 is 16.0 Å². The Kier molecular flexibility index (Phi) is 5.68. The molecule has 1 aromatic carbocycles. The van der Waals surface area contributed by atoms with Crippen LogP contribution in [-0.4, -0.2) is 25.5 Å². The van der Waals surface area contributed by atoms with Crippen LogP contribution < -0.4 is 16.0 Å². The van der Waals surface area contributed by atoms with Gasteiger partial charge in [-0.2, -0.15) is 0 Å². The number of halogens is 1. The van der Waals surface area contributed by atoms with Crippen LogP contribution in [0.5, 0.6) is 0 Å². The fourth-order valence-electron chi connectivity index (χ4n) is 2.33. The van der Waals surface area contributed by atoms with Crippen molar-refractivity contribution in [3.63, 3.8) is 0 Å². The molecule has 1 saturated heterocycles. The zero-order valence-electron chi connectivity index (χ0n) is 11.8. The fraction of sp³-hybridized carbons (Fsp3) is 0.533. The van der Waals surface area contributed by atoms with E-state index in [0.29, 0.717) is 17.4 Å². The first kappa shape index (κ1) is 15.1. The van der Waals surface area contributed by atoms with Gasteiger partial charge in [0.15, 0.2) is 0 Å². The topological polar surface area (TPSA) is 53.2 Å². The highest BCUT2D eigenvalue weighted by molar-refractivity contribution is 6.33. The second-order valence-electron chi connectivity index (χ2n) is 5.17. The molecule has 0 aromatic heterocycles. The third-order valence-electron chi connectivity index (χ3n) is 3.61. The molecule has 20 heavy (non-hydrogen) atoms. The number of anilines is 2. The maximum Gasteiger partial charge on any atom is 0.224 e. The van der Waals surface area contributed by atoms with Gasteiger partial charge in [-0.3, -0.25) is 4.79 Å². The third-order valence-corrected chi connectivity index (χ3v) is 3.94. The first-order valence-electron chi connectivity index (χ1n) is 7.23. The van der Waals surface area contributed by atoms with Crippen LogP contribution in [0.25, 0.3) is 0 Å². The Morgan fingerprint density at radius 1 is 1.40 bits per heavy atom. The molecule has 1 heterocycles. The van der Waals surface area contributed by atoms with E-state index >= 15 is 0 Å². The molecule has 1 aromatic rings. The average Bonchev–Trinajstić information content (AvgIpc) is 2.48. The maximum absolute atomic E-state index is 11.4. The zero-order chi connectivity index (χ0) is 14.4. The molecule has 0 radical (unpaired) electrons. The number of nitrogens with one attached hydrogen (secondary N) is 3. The first-order chi connectivity index (χ1) is 9.69. The second kappa shape index (κ2) is 7.50. The highest BCUT2D eigenvalue weighted by Crippen LogP contribution is 2.26. The summed E-state index contributed by atoms with van der Waals surface area (Å²) in [5.41, 5.74) is 1.67. The van der Waals surface area contributed by atoms with E-state index in [1.807, 2.05) is 25.1 Å². The van der Waals surface area contributed by atoms with Crippen molar-refractivity contribution in [2.24, 2.45) is 5.92 Å². The molecule has 1 aliphatic heterocycles. The van der Waals surface area contributed by atoms with Gasteiger partial charge in [-0.05, 0) is 50.0 Å². The lowest BCUT2D eigenvalue weighted by Gasteiger charge is -2.23. The summed E-state index contributed by atoms with van der Waals surface area (Å²) in [5, 5.41) is 10.3. The van der Waals surface area contributed by atoms with Crippen LogP contribution in [0.3, 0.4) is 0 Å². The molecule has 0 aliphatic carbocycles. The number of carbonyl (C=O) groups is 1. The van der Waals surface area contributed by atoms with Crippen molar-refractivity contribution in [3.8, 4) is 0 Å². The fourth-order valence-corrected chi connectivity index (χ4v) is 2.51. The van der Waals surface area contributed by atoms with Crippen molar-refractivity contribution >= 4 is 28.9 Å². The number of carbonyl (C=O) groups excluding carboxylic acids is 1. The summed E-state index contributed by atoms with van der Waals surface area (Å²) in [6.07, 6.45) is 2.86. The molecule has 110 valence electrons. The molecule has 0 bridgehead atoms. The molecule has 0 atom stereocenters. The van der Waals surface area contributed by atoms with Crippen LogP contribution in [0, 0.1) is 5.92 Å². The summed E-state index contributed by atoms with van der Waals surface area (Å²) in [7, 11) is 0. The highest BCUT2D eigenvalue weighted by Gasteiger charge is 2.13. The minimum absolute atomic E-state index is 0.0108. The molecule has 5 heteroatoms. The molecule has 1 aliphatic rings. The van der Waals surface area contributed by atoms with Gasteiger partial charge in [0, 0.05) is 18.7 Å². The number of hydrogen-bond acceptors (Lipinski definition) is 3.